The molecular formula is C16H21NO4. The maximum absolute atomic E-state index is 11.7. The number of methoxy groups -OCH3 is 1. The van der Waals surface area contributed by atoms with Gasteiger partial charge in [-0.3, -0.25) is 9.59 Å². The Bertz CT molecular complexity index is 511. The molecule has 1 atom stereocenters. The Morgan fingerprint density at radius 2 is 2.10 bits per heavy atom. The van der Waals surface area contributed by atoms with Gasteiger partial charge in [0.1, 0.15) is 5.75 Å². The second kappa shape index (κ2) is 8.79. The first-order valence-corrected chi connectivity index (χ1v) is 6.83. The van der Waals surface area contributed by atoms with Crippen LogP contribution in [0.3, 0.4) is 0 Å². The largest absolute Gasteiger partial charge is 0.496 e. The minimum atomic E-state index is -0.816. The van der Waals surface area contributed by atoms with Gasteiger partial charge < -0.3 is 15.2 Å². The van der Waals surface area contributed by atoms with Gasteiger partial charge in [0.25, 0.3) is 0 Å². The molecule has 0 aliphatic rings. The summed E-state index contributed by atoms with van der Waals surface area (Å²) >= 11 is 0. The molecule has 1 unspecified atom stereocenters. The molecule has 0 aliphatic carbocycles. The van der Waals surface area contributed by atoms with Crippen LogP contribution in [0.1, 0.15) is 25.3 Å². The molecule has 21 heavy (non-hydrogen) atoms. The van der Waals surface area contributed by atoms with Gasteiger partial charge in [0.2, 0.25) is 5.91 Å². The van der Waals surface area contributed by atoms with Crippen LogP contribution in [0.5, 0.6) is 5.75 Å². The summed E-state index contributed by atoms with van der Waals surface area (Å²) in [7, 11) is 1.58. The number of hydrogen-bond donors (Lipinski definition) is 2. The molecule has 1 aromatic carbocycles. The van der Waals surface area contributed by atoms with E-state index in [1.807, 2.05) is 31.2 Å². The molecule has 0 spiro atoms. The molecule has 1 rings (SSSR count). The minimum absolute atomic E-state index is 0.119. The van der Waals surface area contributed by atoms with Crippen LogP contribution >= 0.6 is 0 Å². The van der Waals surface area contributed by atoms with Gasteiger partial charge in [0.05, 0.1) is 7.11 Å². The average molecular weight is 291 g/mol. The predicted molar refractivity (Wildman–Crippen MR) is 81.1 cm³/mol. The molecular weight excluding hydrogens is 270 g/mol. The topological polar surface area (TPSA) is 75.6 Å². The maximum Gasteiger partial charge on any atom is 0.303 e. The van der Waals surface area contributed by atoms with Gasteiger partial charge in [-0.25, -0.2) is 0 Å². The van der Waals surface area contributed by atoms with Crippen LogP contribution in [0.4, 0.5) is 0 Å². The van der Waals surface area contributed by atoms with Crippen LogP contribution in [0.25, 0.3) is 6.08 Å². The Hall–Kier alpha value is -2.30. The SMILES string of the molecule is COc1ccccc1/C=C/C(=O)NCC(C)CCC(=O)O. The number of rotatable bonds is 8. The molecule has 114 valence electrons. The van der Waals surface area contributed by atoms with E-state index in [2.05, 4.69) is 5.32 Å². The van der Waals surface area contributed by atoms with Gasteiger partial charge in [-0.05, 0) is 24.5 Å². The number of ether oxygens (including phenoxy) is 1. The number of carbonyl (C=O) groups excluding carboxylic acids is 1. The number of carboxylic acids is 1. The van der Waals surface area contributed by atoms with Crippen molar-refractivity contribution in [1.29, 1.82) is 0 Å². The van der Waals surface area contributed by atoms with Crippen molar-refractivity contribution in [2.24, 2.45) is 5.92 Å². The fourth-order valence-corrected chi connectivity index (χ4v) is 1.78. The monoisotopic (exact) mass is 291 g/mol. The van der Waals surface area contributed by atoms with Crippen LogP contribution in [0, 0.1) is 5.92 Å². The number of hydrogen-bond acceptors (Lipinski definition) is 3. The first kappa shape index (κ1) is 16.8. The second-order valence-corrected chi connectivity index (χ2v) is 4.86. The van der Waals surface area contributed by atoms with Crippen molar-refractivity contribution in [2.75, 3.05) is 13.7 Å². The van der Waals surface area contributed by atoms with Gasteiger partial charge in [-0.1, -0.05) is 25.1 Å². The van der Waals surface area contributed by atoms with Gasteiger partial charge in [-0.2, -0.15) is 0 Å². The average Bonchev–Trinajstić information content (AvgIpc) is 2.49. The summed E-state index contributed by atoms with van der Waals surface area (Å²) in [5.74, 6) is -0.187. The first-order chi connectivity index (χ1) is 10.0. The first-order valence-electron chi connectivity index (χ1n) is 6.83. The van der Waals surface area contributed by atoms with Crippen LogP contribution in [0.15, 0.2) is 30.3 Å². The lowest BCUT2D eigenvalue weighted by Crippen LogP contribution is -2.26. The van der Waals surface area contributed by atoms with E-state index in [0.29, 0.717) is 18.7 Å². The number of carboxylic acid groups (broad SMARTS) is 1. The van der Waals surface area contributed by atoms with Crippen molar-refractivity contribution in [1.82, 2.24) is 5.32 Å². The molecule has 0 bridgehead atoms. The van der Waals surface area contributed by atoms with Crippen molar-refractivity contribution in [2.45, 2.75) is 19.8 Å². The Morgan fingerprint density at radius 3 is 2.76 bits per heavy atom. The number of amides is 1. The second-order valence-electron chi connectivity index (χ2n) is 4.86. The molecule has 1 amide bonds. The highest BCUT2D eigenvalue weighted by atomic mass is 16.5. The maximum atomic E-state index is 11.7. The summed E-state index contributed by atoms with van der Waals surface area (Å²) in [6, 6.07) is 7.41. The van der Waals surface area contributed by atoms with E-state index in [1.165, 1.54) is 6.08 Å². The third-order valence-corrected chi connectivity index (χ3v) is 3.03. The highest BCUT2D eigenvalue weighted by Crippen LogP contribution is 2.18. The van der Waals surface area contributed by atoms with Gasteiger partial charge in [0.15, 0.2) is 0 Å². The number of nitrogens with one attached hydrogen (secondary N) is 1. The van der Waals surface area contributed by atoms with Crippen LogP contribution in [0.2, 0.25) is 0 Å². The van der Waals surface area contributed by atoms with E-state index in [9.17, 15) is 9.59 Å². The molecule has 0 heterocycles. The number of aliphatic carboxylic acids is 1. The van der Waals surface area contributed by atoms with Crippen molar-refractivity contribution < 1.29 is 19.4 Å². The summed E-state index contributed by atoms with van der Waals surface area (Å²) in [6.45, 7) is 2.37. The van der Waals surface area contributed by atoms with Crippen LogP contribution in [-0.4, -0.2) is 30.6 Å². The lowest BCUT2D eigenvalue weighted by Gasteiger charge is -2.10. The molecule has 0 saturated heterocycles. The van der Waals surface area contributed by atoms with Crippen LogP contribution in [-0.2, 0) is 9.59 Å². The normalized spacial score (nSPS) is 12.1. The van der Waals surface area contributed by atoms with Gasteiger partial charge in [0, 0.05) is 24.6 Å². The van der Waals surface area contributed by atoms with Crippen molar-refractivity contribution in [3.8, 4) is 5.75 Å². The molecule has 0 aliphatic heterocycles. The highest BCUT2D eigenvalue weighted by molar-refractivity contribution is 5.92. The molecule has 0 saturated carbocycles. The minimum Gasteiger partial charge on any atom is -0.496 e. The lowest BCUT2D eigenvalue weighted by atomic mass is 10.1. The van der Waals surface area contributed by atoms with Crippen molar-refractivity contribution in [3.63, 3.8) is 0 Å². The quantitative estimate of drug-likeness (QED) is 0.721. The van der Waals surface area contributed by atoms with E-state index < -0.39 is 5.97 Å². The summed E-state index contributed by atoms with van der Waals surface area (Å²) < 4.78 is 5.19. The zero-order valence-electron chi connectivity index (χ0n) is 12.3. The molecule has 5 heteroatoms. The predicted octanol–water partition coefficient (Wildman–Crippen LogP) is 2.33. The molecule has 2 N–H and O–H groups in total. The fourth-order valence-electron chi connectivity index (χ4n) is 1.78. The van der Waals surface area contributed by atoms with Crippen molar-refractivity contribution in [3.05, 3.63) is 35.9 Å². The molecule has 0 aromatic heterocycles. The number of para-hydroxylation sites is 1. The van der Waals surface area contributed by atoms with E-state index in [1.54, 1.807) is 13.2 Å². The smallest absolute Gasteiger partial charge is 0.303 e. The third kappa shape index (κ3) is 6.61. The molecule has 5 nitrogen and oxygen atoms in total. The third-order valence-electron chi connectivity index (χ3n) is 3.03. The fraction of sp³-hybridized carbons (Fsp3) is 0.375. The van der Waals surface area contributed by atoms with Crippen molar-refractivity contribution >= 4 is 18.0 Å². The Morgan fingerprint density at radius 1 is 1.38 bits per heavy atom. The van der Waals surface area contributed by atoms with E-state index in [4.69, 9.17) is 9.84 Å². The molecule has 0 fully saturated rings. The molecule has 0 radical (unpaired) electrons. The van der Waals surface area contributed by atoms with E-state index >= 15 is 0 Å². The standard InChI is InChI=1S/C16H21NO4/c1-12(7-10-16(19)20)11-17-15(18)9-8-13-5-3-4-6-14(13)21-2/h3-6,8-9,12H,7,10-11H2,1-2H3,(H,17,18)(H,19,20)/b9-8+. The summed E-state index contributed by atoms with van der Waals surface area (Å²) in [6.07, 6.45) is 3.80. The van der Waals surface area contributed by atoms with E-state index in [0.717, 1.165) is 5.56 Å². The summed E-state index contributed by atoms with van der Waals surface area (Å²) in [4.78, 5) is 22.2. The van der Waals surface area contributed by atoms with E-state index in [-0.39, 0.29) is 18.2 Å². The summed E-state index contributed by atoms with van der Waals surface area (Å²) in [5.41, 5.74) is 0.828. The molecule has 1 aromatic rings. The Kier molecular flexibility index (Phi) is 7.01. The highest BCUT2D eigenvalue weighted by Gasteiger charge is 2.06. The Balaban J connectivity index is 2.43. The number of carbonyl (C=O) groups is 2. The lowest BCUT2D eigenvalue weighted by molar-refractivity contribution is -0.137. The van der Waals surface area contributed by atoms with Gasteiger partial charge >= 0.3 is 5.97 Å². The summed E-state index contributed by atoms with van der Waals surface area (Å²) in [5, 5.41) is 11.3. The zero-order valence-corrected chi connectivity index (χ0v) is 12.3. The zero-order chi connectivity index (χ0) is 15.7. The number of benzene rings is 1. The van der Waals surface area contributed by atoms with Gasteiger partial charge in [-0.15, -0.1) is 0 Å². The Labute approximate surface area is 124 Å². The van der Waals surface area contributed by atoms with Crippen LogP contribution < -0.4 is 10.1 Å².